The van der Waals surface area contributed by atoms with E-state index in [2.05, 4.69) is 36.8 Å². The molecule has 11 heteroatoms. The van der Waals surface area contributed by atoms with Crippen molar-refractivity contribution in [3.05, 3.63) is 78.5 Å². The molecule has 4 aromatic heterocycles. The van der Waals surface area contributed by atoms with Crippen LogP contribution >= 0.6 is 0 Å². The van der Waals surface area contributed by atoms with E-state index in [1.807, 2.05) is 50.2 Å². The zero-order chi connectivity index (χ0) is 24.4. The Morgan fingerprint density at radius 1 is 1.11 bits per heavy atom. The molecule has 0 aliphatic rings. The summed E-state index contributed by atoms with van der Waals surface area (Å²) >= 11 is -1.22. The molecule has 1 N–H and O–H groups in total. The predicted octanol–water partition coefficient (Wildman–Crippen LogP) is 3.40. The Morgan fingerprint density at radius 3 is 2.71 bits per heavy atom. The van der Waals surface area contributed by atoms with Gasteiger partial charge < -0.3 is 9.87 Å². The Kier molecular flexibility index (Phi) is 6.13. The lowest BCUT2D eigenvalue weighted by Crippen LogP contribution is -2.14. The van der Waals surface area contributed by atoms with Gasteiger partial charge in [0.05, 0.1) is 29.8 Å². The van der Waals surface area contributed by atoms with Crippen molar-refractivity contribution in [1.29, 1.82) is 5.26 Å². The van der Waals surface area contributed by atoms with Crippen molar-refractivity contribution in [3.63, 3.8) is 0 Å². The molecular weight excluding hydrogens is 462 g/mol. The first-order valence-corrected chi connectivity index (χ1v) is 12.2. The fraction of sp³-hybridized carbons (Fsp3) is 0.167. The molecule has 0 saturated carbocycles. The average molecular weight is 484 g/mol. The van der Waals surface area contributed by atoms with Gasteiger partial charge in [-0.25, -0.2) is 14.6 Å². The molecular formula is C24H21N9OS. The summed E-state index contributed by atoms with van der Waals surface area (Å²) in [5.74, 6) is 0.826. The Bertz CT molecular complexity index is 1520. The van der Waals surface area contributed by atoms with Crippen molar-refractivity contribution in [2.75, 3.05) is 5.32 Å². The van der Waals surface area contributed by atoms with Crippen LogP contribution in [0.1, 0.15) is 25.1 Å². The van der Waals surface area contributed by atoms with Gasteiger partial charge in [-0.2, -0.15) is 15.0 Å². The summed E-state index contributed by atoms with van der Waals surface area (Å²) in [6.45, 7) is 4.07. The monoisotopic (exact) mass is 483 g/mol. The average Bonchev–Trinajstić information content (AvgIpc) is 3.50. The van der Waals surface area contributed by atoms with Gasteiger partial charge in [-0.3, -0.25) is 0 Å². The minimum absolute atomic E-state index is 0.142. The maximum atomic E-state index is 12.7. The first-order valence-electron chi connectivity index (χ1n) is 10.9. The summed E-state index contributed by atoms with van der Waals surface area (Å²) in [6.07, 6.45) is 6.62. The number of rotatable bonds is 7. The minimum atomic E-state index is -1.22. The molecule has 1 unspecified atom stereocenters. The third kappa shape index (κ3) is 4.70. The molecule has 10 nitrogen and oxygen atoms in total. The van der Waals surface area contributed by atoms with Crippen LogP contribution in [0, 0.1) is 11.3 Å². The molecule has 0 saturated heterocycles. The number of fused-ring (bicyclic) bond motifs is 1. The van der Waals surface area contributed by atoms with Crippen LogP contribution in [0.5, 0.6) is 0 Å². The van der Waals surface area contributed by atoms with E-state index < -0.39 is 11.2 Å². The zero-order valence-corrected chi connectivity index (χ0v) is 19.8. The molecule has 0 aliphatic heterocycles. The first kappa shape index (κ1) is 22.5. The molecule has 1 atom stereocenters. The fourth-order valence-corrected chi connectivity index (χ4v) is 4.61. The summed E-state index contributed by atoms with van der Waals surface area (Å²) in [5.41, 5.74) is 3.16. The van der Waals surface area contributed by atoms with Crippen molar-refractivity contribution >= 4 is 27.9 Å². The van der Waals surface area contributed by atoms with E-state index >= 15 is 0 Å². The molecule has 0 aliphatic carbocycles. The van der Waals surface area contributed by atoms with Gasteiger partial charge in [-0.1, -0.05) is 23.4 Å². The van der Waals surface area contributed by atoms with Gasteiger partial charge in [-0.15, -0.1) is 5.10 Å². The number of anilines is 1. The van der Waals surface area contributed by atoms with Crippen molar-refractivity contribution in [2.45, 2.75) is 30.5 Å². The van der Waals surface area contributed by atoms with Crippen LogP contribution in [0.15, 0.2) is 72.1 Å². The summed E-state index contributed by atoms with van der Waals surface area (Å²) in [6, 6.07) is 15.1. The largest absolute Gasteiger partial charge is 0.611 e. The molecule has 5 aromatic rings. The molecule has 0 radical (unpaired) electrons. The fourth-order valence-electron chi connectivity index (χ4n) is 3.58. The SMILES string of the molecule is CC(C)Nc1cc(-n2ncc3cc(C#N)cnc32)ncc1-n1cc(C[S+]([O-])c2ccccc2)nn1. The maximum Gasteiger partial charge on any atom is 0.164 e. The summed E-state index contributed by atoms with van der Waals surface area (Å²) in [5, 5.41) is 26.2. The second-order valence-electron chi connectivity index (χ2n) is 8.12. The van der Waals surface area contributed by atoms with Crippen molar-refractivity contribution in [3.8, 4) is 17.6 Å². The molecule has 0 bridgehead atoms. The molecule has 174 valence electrons. The number of nitrogens with zero attached hydrogens (tertiary/aromatic N) is 8. The highest BCUT2D eigenvalue weighted by atomic mass is 32.2. The lowest BCUT2D eigenvalue weighted by atomic mass is 10.2. The molecule has 5 rings (SSSR count). The smallest absolute Gasteiger partial charge is 0.164 e. The Balaban J connectivity index is 1.47. The maximum absolute atomic E-state index is 12.7. The van der Waals surface area contributed by atoms with E-state index in [-0.39, 0.29) is 11.8 Å². The molecule has 0 amide bonds. The molecule has 0 fully saturated rings. The number of benzene rings is 1. The lowest BCUT2D eigenvalue weighted by Gasteiger charge is -2.15. The normalized spacial score (nSPS) is 12.1. The Hall–Kier alpha value is -4.27. The van der Waals surface area contributed by atoms with Crippen LogP contribution in [0.4, 0.5) is 5.69 Å². The number of hydrogen-bond acceptors (Lipinski definition) is 8. The molecule has 1 aromatic carbocycles. The summed E-state index contributed by atoms with van der Waals surface area (Å²) in [7, 11) is 0. The van der Waals surface area contributed by atoms with E-state index in [1.165, 1.54) is 6.20 Å². The minimum Gasteiger partial charge on any atom is -0.611 e. The van der Waals surface area contributed by atoms with E-state index in [1.54, 1.807) is 34.0 Å². The van der Waals surface area contributed by atoms with Gasteiger partial charge in [0.15, 0.2) is 22.1 Å². The molecule has 0 spiro atoms. The highest BCUT2D eigenvalue weighted by molar-refractivity contribution is 7.90. The predicted molar refractivity (Wildman–Crippen MR) is 132 cm³/mol. The number of hydrogen-bond donors (Lipinski definition) is 1. The highest BCUT2D eigenvalue weighted by Crippen LogP contribution is 2.25. The van der Waals surface area contributed by atoms with Crippen LogP contribution in [0.3, 0.4) is 0 Å². The third-order valence-corrected chi connectivity index (χ3v) is 6.50. The number of aromatic nitrogens is 7. The van der Waals surface area contributed by atoms with Crippen LogP contribution in [-0.2, 0) is 16.9 Å². The Morgan fingerprint density at radius 2 is 1.94 bits per heavy atom. The van der Waals surface area contributed by atoms with Gasteiger partial charge in [0.25, 0.3) is 0 Å². The Labute approximate surface area is 204 Å². The van der Waals surface area contributed by atoms with Crippen LogP contribution < -0.4 is 5.32 Å². The van der Waals surface area contributed by atoms with Crippen LogP contribution in [-0.4, -0.2) is 45.3 Å². The van der Waals surface area contributed by atoms with Gasteiger partial charge in [0, 0.05) is 23.7 Å². The number of pyridine rings is 2. The standard InChI is InChI=1S/C24H21N9OS/c1-16(2)29-21-9-23(33-24-18(12-28-33)8-17(10-25)11-27-24)26-13-22(21)32-14-19(30-31-32)15-35(34)20-6-4-3-5-7-20/h3-9,11-14,16H,15H2,1-2H3,(H,26,29). The third-order valence-electron chi connectivity index (χ3n) is 5.14. The lowest BCUT2D eigenvalue weighted by molar-refractivity contribution is 0.593. The number of nitrogens with one attached hydrogen (secondary N) is 1. The second-order valence-corrected chi connectivity index (χ2v) is 9.57. The van der Waals surface area contributed by atoms with E-state index in [0.29, 0.717) is 28.4 Å². The van der Waals surface area contributed by atoms with E-state index in [0.717, 1.165) is 16.0 Å². The quantitative estimate of drug-likeness (QED) is 0.348. The van der Waals surface area contributed by atoms with Gasteiger partial charge >= 0.3 is 0 Å². The van der Waals surface area contributed by atoms with Gasteiger partial charge in [0.2, 0.25) is 0 Å². The van der Waals surface area contributed by atoms with Crippen molar-refractivity contribution in [2.24, 2.45) is 0 Å². The highest BCUT2D eigenvalue weighted by Gasteiger charge is 2.17. The first-order chi connectivity index (χ1) is 17.0. The number of nitriles is 1. The summed E-state index contributed by atoms with van der Waals surface area (Å²) in [4.78, 5) is 9.71. The topological polar surface area (TPSA) is 133 Å². The van der Waals surface area contributed by atoms with Crippen molar-refractivity contribution < 1.29 is 4.55 Å². The van der Waals surface area contributed by atoms with Crippen LogP contribution in [0.2, 0.25) is 0 Å². The molecule has 4 heterocycles. The second kappa shape index (κ2) is 9.54. The summed E-state index contributed by atoms with van der Waals surface area (Å²) < 4.78 is 15.9. The van der Waals surface area contributed by atoms with E-state index in [4.69, 9.17) is 5.26 Å². The van der Waals surface area contributed by atoms with Crippen molar-refractivity contribution in [1.82, 2.24) is 34.7 Å². The van der Waals surface area contributed by atoms with E-state index in [9.17, 15) is 4.55 Å². The molecule has 35 heavy (non-hydrogen) atoms. The van der Waals surface area contributed by atoms with Gasteiger partial charge in [-0.05, 0) is 43.2 Å². The van der Waals surface area contributed by atoms with Gasteiger partial charge in [0.1, 0.15) is 17.5 Å². The van der Waals surface area contributed by atoms with Crippen LogP contribution in [0.25, 0.3) is 22.5 Å². The zero-order valence-electron chi connectivity index (χ0n) is 19.0.